The first kappa shape index (κ1) is 20.0. The van der Waals surface area contributed by atoms with Crippen molar-refractivity contribution >= 4 is 35.5 Å². The van der Waals surface area contributed by atoms with Crippen molar-refractivity contribution in [2.45, 2.75) is 46.3 Å². The summed E-state index contributed by atoms with van der Waals surface area (Å²) in [6, 6.07) is 4.26. The molecule has 0 radical (unpaired) electrons. The number of nitrogens with one attached hydrogen (secondary N) is 1. The molecule has 2 amide bonds. The van der Waals surface area contributed by atoms with E-state index < -0.39 is 17.6 Å². The lowest BCUT2D eigenvalue weighted by Crippen LogP contribution is -2.42. The molecule has 0 spiro atoms. The van der Waals surface area contributed by atoms with Gasteiger partial charge in [0.2, 0.25) is 0 Å². The third-order valence-electron chi connectivity index (χ3n) is 3.00. The molecule has 6 nitrogen and oxygen atoms in total. The van der Waals surface area contributed by atoms with E-state index in [1.807, 2.05) is 13.8 Å². The fourth-order valence-electron chi connectivity index (χ4n) is 1.80. The molecule has 1 rings (SSSR count). The number of rotatable bonds is 5. The summed E-state index contributed by atoms with van der Waals surface area (Å²) < 4.78 is 5.24. The number of amides is 2. The molecule has 1 aromatic rings. The van der Waals surface area contributed by atoms with Crippen LogP contribution < -0.4 is 11.1 Å². The second kappa shape index (κ2) is 8.15. The van der Waals surface area contributed by atoms with Crippen LogP contribution >= 0.6 is 11.6 Å². The van der Waals surface area contributed by atoms with Gasteiger partial charge in [-0.3, -0.25) is 9.79 Å². The van der Waals surface area contributed by atoms with Gasteiger partial charge >= 0.3 is 6.09 Å². The lowest BCUT2D eigenvalue weighted by atomic mass is 10.1. The maximum Gasteiger partial charge on any atom is 0.408 e. The summed E-state index contributed by atoms with van der Waals surface area (Å²) >= 11 is 5.94. The minimum Gasteiger partial charge on any atom is -0.444 e. The van der Waals surface area contributed by atoms with E-state index >= 15 is 0 Å². The minimum atomic E-state index is -0.597. The van der Waals surface area contributed by atoms with E-state index in [0.29, 0.717) is 10.7 Å². The van der Waals surface area contributed by atoms with Gasteiger partial charge in [-0.1, -0.05) is 25.4 Å². The number of hydrogen-bond donors (Lipinski definition) is 2. The van der Waals surface area contributed by atoms with Crippen molar-refractivity contribution in [3.63, 3.8) is 0 Å². The first-order valence-electron chi connectivity index (χ1n) is 7.62. The van der Waals surface area contributed by atoms with Gasteiger partial charge in [-0.15, -0.1) is 0 Å². The van der Waals surface area contributed by atoms with Gasteiger partial charge in [0.1, 0.15) is 5.60 Å². The summed E-state index contributed by atoms with van der Waals surface area (Å²) in [4.78, 5) is 27.7. The Bertz CT molecular complexity index is 636. The van der Waals surface area contributed by atoms with Crippen LogP contribution in [-0.4, -0.2) is 29.9 Å². The molecule has 0 bridgehead atoms. The third-order valence-corrected chi connectivity index (χ3v) is 3.24. The van der Waals surface area contributed by atoms with Crippen molar-refractivity contribution in [1.82, 2.24) is 5.32 Å². The van der Waals surface area contributed by atoms with Crippen molar-refractivity contribution in [3.8, 4) is 0 Å². The lowest BCUT2D eigenvalue weighted by Gasteiger charge is -2.23. The molecule has 1 aromatic carbocycles. The van der Waals surface area contributed by atoms with Crippen LogP contribution in [0.15, 0.2) is 23.2 Å². The summed E-state index contributed by atoms with van der Waals surface area (Å²) in [6.07, 6.45) is 1.01. The van der Waals surface area contributed by atoms with Gasteiger partial charge < -0.3 is 15.8 Å². The normalized spacial score (nSPS) is 13.1. The maximum absolute atomic E-state index is 11.9. The Hall–Kier alpha value is -2.08. The molecule has 0 aliphatic carbocycles. The molecule has 0 fully saturated rings. The third kappa shape index (κ3) is 6.58. The Labute approximate surface area is 147 Å². The van der Waals surface area contributed by atoms with Crippen LogP contribution in [0.25, 0.3) is 0 Å². The summed E-state index contributed by atoms with van der Waals surface area (Å²) in [5, 5.41) is 3.19. The lowest BCUT2D eigenvalue weighted by molar-refractivity contribution is 0.0509. The average molecular weight is 354 g/mol. The van der Waals surface area contributed by atoms with Crippen LogP contribution in [0.1, 0.15) is 45.0 Å². The molecule has 0 saturated heterocycles. The van der Waals surface area contributed by atoms with E-state index in [2.05, 4.69) is 10.3 Å². The molecule has 7 heteroatoms. The molecule has 3 N–H and O–H groups in total. The van der Waals surface area contributed by atoms with Gasteiger partial charge in [-0.25, -0.2) is 4.79 Å². The van der Waals surface area contributed by atoms with Crippen molar-refractivity contribution in [3.05, 3.63) is 28.8 Å². The molecule has 0 saturated carbocycles. The fraction of sp³-hybridized carbons (Fsp3) is 0.471. The monoisotopic (exact) mass is 353 g/mol. The van der Waals surface area contributed by atoms with Gasteiger partial charge in [0, 0.05) is 11.2 Å². The molecule has 0 aliphatic heterocycles. The zero-order valence-corrected chi connectivity index (χ0v) is 15.3. The fourth-order valence-corrected chi connectivity index (χ4v) is 1.97. The Balaban J connectivity index is 2.97. The van der Waals surface area contributed by atoms with E-state index in [0.717, 1.165) is 0 Å². The van der Waals surface area contributed by atoms with Crippen LogP contribution in [0, 0.1) is 5.92 Å². The van der Waals surface area contributed by atoms with E-state index in [1.54, 1.807) is 39.1 Å². The van der Waals surface area contributed by atoms with Crippen LogP contribution in [0.2, 0.25) is 5.02 Å². The largest absolute Gasteiger partial charge is 0.444 e. The first-order valence-corrected chi connectivity index (χ1v) is 8.00. The van der Waals surface area contributed by atoms with Crippen molar-refractivity contribution in [2.24, 2.45) is 16.6 Å². The summed E-state index contributed by atoms with van der Waals surface area (Å²) in [7, 11) is 0. The number of aliphatic imine (C=N–C) groups is 1. The standard InChI is InChI=1S/C17H24ClN3O3/c1-10(2)14(21-16(23)24-17(3,4)5)9-20-13-8-11(18)6-7-12(13)15(19)22/h6-10,14H,1-5H3,(H2,19,22)(H,21,23)/t14-/m0/s1. The number of carbonyl (C=O) groups is 2. The molecule has 0 unspecified atom stereocenters. The number of nitrogens with zero attached hydrogens (tertiary/aromatic N) is 1. The van der Waals surface area contributed by atoms with Crippen LogP contribution in [0.3, 0.4) is 0 Å². The van der Waals surface area contributed by atoms with E-state index in [9.17, 15) is 9.59 Å². The quantitative estimate of drug-likeness (QED) is 0.790. The summed E-state index contributed by atoms with van der Waals surface area (Å²) in [6.45, 7) is 9.23. The minimum absolute atomic E-state index is 0.0671. The molecule has 0 aromatic heterocycles. The van der Waals surface area contributed by atoms with E-state index in [4.69, 9.17) is 22.1 Å². The number of halogens is 1. The second-order valence-corrected chi connectivity index (χ2v) is 7.16. The predicted molar refractivity (Wildman–Crippen MR) is 96.1 cm³/mol. The number of ether oxygens (including phenoxy) is 1. The Morgan fingerprint density at radius 1 is 1.33 bits per heavy atom. The number of alkyl carbamates (subject to hydrolysis) is 1. The average Bonchev–Trinajstić information content (AvgIpc) is 2.40. The molecule has 0 heterocycles. The molecule has 24 heavy (non-hydrogen) atoms. The maximum atomic E-state index is 11.9. The first-order chi connectivity index (χ1) is 11.0. The van der Waals surface area contributed by atoms with Crippen LogP contribution in [-0.2, 0) is 4.74 Å². The molecular formula is C17H24ClN3O3. The molecular weight excluding hydrogens is 330 g/mol. The van der Waals surface area contributed by atoms with Gasteiger partial charge in [-0.2, -0.15) is 0 Å². The van der Waals surface area contributed by atoms with Gasteiger partial charge in [0.25, 0.3) is 5.91 Å². The second-order valence-electron chi connectivity index (χ2n) is 6.72. The number of primary amides is 1. The summed E-state index contributed by atoms with van der Waals surface area (Å²) in [5.41, 5.74) is 5.36. The Morgan fingerprint density at radius 2 is 1.96 bits per heavy atom. The number of carbonyl (C=O) groups excluding carboxylic acids is 2. The zero-order chi connectivity index (χ0) is 18.5. The number of nitrogens with two attached hydrogens (primary N) is 1. The van der Waals surface area contributed by atoms with Gasteiger partial charge in [-0.05, 0) is 44.9 Å². The topological polar surface area (TPSA) is 93.8 Å². The molecule has 0 aliphatic rings. The molecule has 132 valence electrons. The Morgan fingerprint density at radius 3 is 2.46 bits per heavy atom. The smallest absolute Gasteiger partial charge is 0.408 e. The zero-order valence-electron chi connectivity index (χ0n) is 14.6. The highest BCUT2D eigenvalue weighted by Crippen LogP contribution is 2.23. The van der Waals surface area contributed by atoms with E-state index in [1.165, 1.54) is 6.07 Å². The Kier molecular flexibility index (Phi) is 6.78. The van der Waals surface area contributed by atoms with Crippen molar-refractivity contribution in [1.29, 1.82) is 0 Å². The SMILES string of the molecule is CC(C)[C@H](C=Nc1cc(Cl)ccc1C(N)=O)NC(=O)OC(C)(C)C. The summed E-state index contributed by atoms with van der Waals surface area (Å²) in [5.74, 6) is -0.530. The highest BCUT2D eigenvalue weighted by atomic mass is 35.5. The highest BCUT2D eigenvalue weighted by molar-refractivity contribution is 6.31. The van der Waals surface area contributed by atoms with Gasteiger partial charge in [0.15, 0.2) is 0 Å². The highest BCUT2D eigenvalue weighted by Gasteiger charge is 2.20. The molecule has 1 atom stereocenters. The van der Waals surface area contributed by atoms with Crippen LogP contribution in [0.5, 0.6) is 0 Å². The van der Waals surface area contributed by atoms with Gasteiger partial charge in [0.05, 0.1) is 17.3 Å². The van der Waals surface area contributed by atoms with E-state index in [-0.39, 0.29) is 17.5 Å². The number of benzene rings is 1. The van der Waals surface area contributed by atoms with Crippen molar-refractivity contribution < 1.29 is 14.3 Å². The number of hydrogen-bond acceptors (Lipinski definition) is 4. The van der Waals surface area contributed by atoms with Crippen molar-refractivity contribution in [2.75, 3.05) is 0 Å². The predicted octanol–water partition coefficient (Wildman–Crippen LogP) is 3.69. The van der Waals surface area contributed by atoms with Crippen LogP contribution in [0.4, 0.5) is 10.5 Å².